The van der Waals surface area contributed by atoms with Crippen LogP contribution < -0.4 is 5.73 Å². The summed E-state index contributed by atoms with van der Waals surface area (Å²) in [5.41, 5.74) is 8.95. The zero-order valence-corrected chi connectivity index (χ0v) is 14.5. The van der Waals surface area contributed by atoms with Crippen LogP contribution in [0.1, 0.15) is 5.56 Å². The van der Waals surface area contributed by atoms with Gasteiger partial charge >= 0.3 is 0 Å². The second-order valence-electron chi connectivity index (χ2n) is 5.06. The van der Waals surface area contributed by atoms with Crippen molar-refractivity contribution in [1.82, 2.24) is 4.98 Å². The summed E-state index contributed by atoms with van der Waals surface area (Å²) >= 11 is 18.3. The Hall–Kier alpha value is -2.25. The smallest absolute Gasteiger partial charge is 0.142 e. The average Bonchev–Trinajstić information content (AvgIpc) is 2.54. The van der Waals surface area contributed by atoms with Gasteiger partial charge in [0, 0.05) is 21.2 Å². The first-order valence-corrected chi connectivity index (χ1v) is 8.05. The van der Waals surface area contributed by atoms with Crippen molar-refractivity contribution in [3.63, 3.8) is 0 Å². The molecule has 3 rings (SSSR count). The fraction of sp³-hybridized carbons (Fsp3) is 0. The van der Waals surface area contributed by atoms with Gasteiger partial charge in [-0.3, -0.25) is 0 Å². The number of aromatic nitrogens is 1. The number of hydrogen-bond acceptors (Lipinski definition) is 3. The lowest BCUT2D eigenvalue weighted by atomic mass is 9.98. The second kappa shape index (κ2) is 6.70. The number of nitrogen functional groups attached to an aromatic ring is 1. The summed E-state index contributed by atoms with van der Waals surface area (Å²) < 4.78 is 0. The molecule has 3 aromatic rings. The van der Waals surface area contributed by atoms with Crippen molar-refractivity contribution in [2.75, 3.05) is 5.73 Å². The van der Waals surface area contributed by atoms with Crippen molar-refractivity contribution in [2.24, 2.45) is 0 Å². The summed E-state index contributed by atoms with van der Waals surface area (Å²) in [6, 6.07) is 16.2. The Kier molecular flexibility index (Phi) is 4.64. The molecule has 3 nitrogen and oxygen atoms in total. The molecule has 0 aliphatic carbocycles. The molecule has 24 heavy (non-hydrogen) atoms. The molecule has 118 valence electrons. The first kappa shape index (κ1) is 16.6. The van der Waals surface area contributed by atoms with E-state index < -0.39 is 0 Å². The number of benzene rings is 2. The van der Waals surface area contributed by atoms with Gasteiger partial charge in [0.1, 0.15) is 17.5 Å². The van der Waals surface area contributed by atoms with Gasteiger partial charge in [-0.05, 0) is 42.0 Å². The molecule has 0 aliphatic rings. The topological polar surface area (TPSA) is 62.7 Å². The molecule has 1 heterocycles. The van der Waals surface area contributed by atoms with E-state index in [2.05, 4.69) is 11.1 Å². The third-order valence-electron chi connectivity index (χ3n) is 3.50. The minimum Gasteiger partial charge on any atom is -0.383 e. The van der Waals surface area contributed by atoms with Crippen molar-refractivity contribution in [1.29, 1.82) is 5.26 Å². The minimum absolute atomic E-state index is 0.135. The maximum atomic E-state index is 9.44. The Morgan fingerprint density at radius 1 is 0.917 bits per heavy atom. The summed E-state index contributed by atoms with van der Waals surface area (Å²) in [6.07, 6.45) is 0. The van der Waals surface area contributed by atoms with E-state index in [1.807, 2.05) is 12.1 Å². The molecule has 0 bridgehead atoms. The molecular weight excluding hydrogens is 365 g/mol. The van der Waals surface area contributed by atoms with E-state index in [-0.39, 0.29) is 5.82 Å². The monoisotopic (exact) mass is 373 g/mol. The third-order valence-corrected chi connectivity index (χ3v) is 4.28. The molecule has 0 fully saturated rings. The van der Waals surface area contributed by atoms with E-state index in [0.717, 1.165) is 5.56 Å². The Morgan fingerprint density at radius 2 is 1.67 bits per heavy atom. The van der Waals surface area contributed by atoms with Crippen LogP contribution in [0.4, 0.5) is 5.82 Å². The second-order valence-corrected chi connectivity index (χ2v) is 6.34. The Morgan fingerprint density at radius 3 is 2.33 bits per heavy atom. The lowest BCUT2D eigenvalue weighted by molar-refractivity contribution is 1.31. The van der Waals surface area contributed by atoms with Gasteiger partial charge in [-0.15, -0.1) is 0 Å². The number of pyridine rings is 1. The predicted octanol–water partition coefficient (Wildman–Crippen LogP) is 5.83. The fourth-order valence-corrected chi connectivity index (χ4v) is 3.10. The molecule has 0 aliphatic heterocycles. The summed E-state index contributed by atoms with van der Waals surface area (Å²) in [5, 5.41) is 11.0. The maximum absolute atomic E-state index is 9.44. The van der Waals surface area contributed by atoms with Gasteiger partial charge in [0.15, 0.2) is 0 Å². The minimum atomic E-state index is 0.135. The summed E-state index contributed by atoms with van der Waals surface area (Å²) in [5.74, 6) is 0.135. The normalized spacial score (nSPS) is 10.4. The first-order chi connectivity index (χ1) is 11.5. The van der Waals surface area contributed by atoms with E-state index in [9.17, 15) is 5.26 Å². The lowest BCUT2D eigenvalue weighted by Crippen LogP contribution is -2.00. The average molecular weight is 375 g/mol. The van der Waals surface area contributed by atoms with Crippen LogP contribution in [0.15, 0.2) is 48.5 Å². The van der Waals surface area contributed by atoms with Crippen molar-refractivity contribution in [3.8, 4) is 28.5 Å². The fourth-order valence-electron chi connectivity index (χ4n) is 2.40. The highest BCUT2D eigenvalue weighted by Gasteiger charge is 2.15. The first-order valence-electron chi connectivity index (χ1n) is 6.91. The summed E-state index contributed by atoms with van der Waals surface area (Å²) in [6.45, 7) is 0. The zero-order chi connectivity index (χ0) is 17.3. The van der Waals surface area contributed by atoms with E-state index in [1.165, 1.54) is 0 Å². The van der Waals surface area contributed by atoms with Crippen molar-refractivity contribution >= 4 is 40.6 Å². The molecule has 0 unspecified atom stereocenters. The number of rotatable bonds is 2. The van der Waals surface area contributed by atoms with Gasteiger partial charge in [0.25, 0.3) is 0 Å². The molecule has 0 radical (unpaired) electrons. The molecule has 0 saturated heterocycles. The van der Waals surface area contributed by atoms with Gasteiger partial charge in [-0.25, -0.2) is 4.98 Å². The van der Waals surface area contributed by atoms with E-state index in [4.69, 9.17) is 40.5 Å². The molecule has 0 saturated carbocycles. The van der Waals surface area contributed by atoms with Gasteiger partial charge in [0.05, 0.1) is 10.7 Å². The maximum Gasteiger partial charge on any atom is 0.142 e. The Labute approximate surface area is 154 Å². The number of nitriles is 1. The summed E-state index contributed by atoms with van der Waals surface area (Å²) in [4.78, 5) is 4.31. The highest BCUT2D eigenvalue weighted by molar-refractivity contribution is 6.36. The molecule has 0 atom stereocenters. The molecule has 0 amide bonds. The standard InChI is InChI=1S/C18H10Cl3N3/c19-11-3-1-2-10(6-11)14-8-17(24-18(23)15(14)9-22)13-5-4-12(20)7-16(13)21/h1-8H,(H2,23,24). The van der Waals surface area contributed by atoms with Gasteiger partial charge in [0.2, 0.25) is 0 Å². The van der Waals surface area contributed by atoms with Crippen LogP contribution in [0.25, 0.3) is 22.4 Å². The quantitative estimate of drug-likeness (QED) is 0.614. The largest absolute Gasteiger partial charge is 0.383 e. The third kappa shape index (κ3) is 3.18. The van der Waals surface area contributed by atoms with Crippen LogP contribution in [-0.4, -0.2) is 4.98 Å². The van der Waals surface area contributed by atoms with Crippen molar-refractivity contribution in [2.45, 2.75) is 0 Å². The number of hydrogen-bond donors (Lipinski definition) is 1. The molecule has 6 heteroatoms. The molecule has 2 N–H and O–H groups in total. The van der Waals surface area contributed by atoms with Gasteiger partial charge < -0.3 is 5.73 Å². The van der Waals surface area contributed by atoms with E-state index in [0.29, 0.717) is 37.5 Å². The van der Waals surface area contributed by atoms with Crippen molar-refractivity contribution in [3.05, 3.63) is 69.2 Å². The Balaban J connectivity index is 2.26. The molecule has 2 aromatic carbocycles. The Bertz CT molecular complexity index is 978. The van der Waals surface area contributed by atoms with Crippen LogP contribution >= 0.6 is 34.8 Å². The predicted molar refractivity (Wildman–Crippen MR) is 99.3 cm³/mol. The van der Waals surface area contributed by atoms with E-state index in [1.54, 1.807) is 36.4 Å². The van der Waals surface area contributed by atoms with Gasteiger partial charge in [-0.2, -0.15) is 5.26 Å². The highest BCUT2D eigenvalue weighted by Crippen LogP contribution is 2.35. The highest BCUT2D eigenvalue weighted by atomic mass is 35.5. The molecular formula is C18H10Cl3N3. The van der Waals surface area contributed by atoms with Crippen LogP contribution in [-0.2, 0) is 0 Å². The number of halogens is 3. The van der Waals surface area contributed by atoms with E-state index >= 15 is 0 Å². The zero-order valence-electron chi connectivity index (χ0n) is 12.2. The van der Waals surface area contributed by atoms with Crippen LogP contribution in [0, 0.1) is 11.3 Å². The number of nitrogens with zero attached hydrogens (tertiary/aromatic N) is 2. The van der Waals surface area contributed by atoms with Crippen LogP contribution in [0.3, 0.4) is 0 Å². The number of anilines is 1. The lowest BCUT2D eigenvalue weighted by Gasteiger charge is -2.11. The number of nitrogens with two attached hydrogens (primary N) is 1. The van der Waals surface area contributed by atoms with Crippen LogP contribution in [0.2, 0.25) is 15.1 Å². The molecule has 0 spiro atoms. The van der Waals surface area contributed by atoms with Crippen molar-refractivity contribution < 1.29 is 0 Å². The molecule has 1 aromatic heterocycles. The van der Waals surface area contributed by atoms with Gasteiger partial charge in [-0.1, -0.05) is 46.9 Å². The SMILES string of the molecule is N#Cc1c(-c2cccc(Cl)c2)cc(-c2ccc(Cl)cc2Cl)nc1N. The van der Waals surface area contributed by atoms with Crippen LogP contribution in [0.5, 0.6) is 0 Å². The summed E-state index contributed by atoms with van der Waals surface area (Å²) in [7, 11) is 0.